The maximum Gasteiger partial charge on any atom is 0.349 e. The number of aryl methyl sites for hydroxylation is 2. The van der Waals surface area contributed by atoms with Crippen LogP contribution >= 0.6 is 0 Å². The average Bonchev–Trinajstić information content (AvgIpc) is 2.99. The lowest BCUT2D eigenvalue weighted by Crippen LogP contribution is -2.19. The Kier molecular flexibility index (Phi) is 8.26. The van der Waals surface area contributed by atoms with Gasteiger partial charge in [-0.2, -0.15) is 0 Å². The van der Waals surface area contributed by atoms with E-state index in [-0.39, 0.29) is 13.2 Å². The van der Waals surface area contributed by atoms with Crippen LogP contribution < -0.4 is 18.9 Å². The van der Waals surface area contributed by atoms with E-state index in [1.54, 1.807) is 48.5 Å². The molecule has 5 aromatic rings. The van der Waals surface area contributed by atoms with Gasteiger partial charge in [-0.1, -0.05) is 80.6 Å². The van der Waals surface area contributed by atoms with Crippen LogP contribution in [0.15, 0.2) is 97.1 Å². The minimum Gasteiger partial charge on any atom is -0.481 e. The minimum atomic E-state index is -0.505. The quantitative estimate of drug-likeness (QED) is 0.108. The second-order valence-corrected chi connectivity index (χ2v) is 9.24. The Bertz CT molecular complexity index is 1640. The van der Waals surface area contributed by atoms with Gasteiger partial charge in [-0.05, 0) is 54.3 Å². The number of carbonyl (C=O) groups excluding carboxylic acids is 2. The monoisotopic (exact) mass is 534 g/mol. The number of ether oxygens (including phenoxy) is 4. The van der Waals surface area contributed by atoms with Gasteiger partial charge in [0.05, 0.1) is 0 Å². The van der Waals surface area contributed by atoms with Gasteiger partial charge in [-0.3, -0.25) is 0 Å². The van der Waals surface area contributed by atoms with Crippen molar-refractivity contribution in [3.05, 3.63) is 108 Å². The first-order valence-electron chi connectivity index (χ1n) is 13.3. The van der Waals surface area contributed by atoms with E-state index in [1.165, 1.54) is 0 Å². The SMILES string of the molecule is CCc1cc(CC)c2c(OCC(=O)Oc3ccccc3)c3ccccc3c(OCC(=O)Oc3ccccc3)c2c1. The van der Waals surface area contributed by atoms with E-state index in [0.29, 0.717) is 23.0 Å². The van der Waals surface area contributed by atoms with Crippen molar-refractivity contribution in [2.45, 2.75) is 26.7 Å². The van der Waals surface area contributed by atoms with Gasteiger partial charge in [0.1, 0.15) is 23.0 Å². The number of fused-ring (bicyclic) bond motifs is 2. The van der Waals surface area contributed by atoms with Crippen molar-refractivity contribution < 1.29 is 28.5 Å². The molecule has 0 saturated heterocycles. The summed E-state index contributed by atoms with van der Waals surface area (Å²) in [6.45, 7) is 3.64. The molecule has 40 heavy (non-hydrogen) atoms. The van der Waals surface area contributed by atoms with Crippen molar-refractivity contribution >= 4 is 33.5 Å². The first-order chi connectivity index (χ1) is 19.6. The Hall–Kier alpha value is -4.84. The molecular weight excluding hydrogens is 504 g/mol. The van der Waals surface area contributed by atoms with Crippen molar-refractivity contribution in [1.82, 2.24) is 0 Å². The highest BCUT2D eigenvalue weighted by Crippen LogP contribution is 2.45. The maximum atomic E-state index is 12.7. The predicted octanol–water partition coefficient (Wildman–Crippen LogP) is 7.09. The molecule has 0 spiro atoms. The third-order valence-electron chi connectivity index (χ3n) is 6.58. The van der Waals surface area contributed by atoms with E-state index in [9.17, 15) is 9.59 Å². The molecule has 0 saturated carbocycles. The van der Waals surface area contributed by atoms with Crippen molar-refractivity contribution in [2.24, 2.45) is 0 Å². The molecule has 0 heterocycles. The predicted molar refractivity (Wildman–Crippen MR) is 155 cm³/mol. The standard InChI is InChI=1S/C34H30O6/c1-3-23-19-24(4-2)32-29(20-23)33(37-21-30(35)39-25-13-7-5-8-14-25)27-17-11-12-18-28(27)34(32)38-22-31(36)40-26-15-9-6-10-16-26/h5-20H,3-4,21-22H2,1-2H3. The Morgan fingerprint density at radius 1 is 0.575 bits per heavy atom. The van der Waals surface area contributed by atoms with Gasteiger partial charge in [0, 0.05) is 21.5 Å². The lowest BCUT2D eigenvalue weighted by molar-refractivity contribution is -0.137. The second kappa shape index (κ2) is 12.3. The summed E-state index contributed by atoms with van der Waals surface area (Å²) in [6, 6.07) is 29.7. The molecule has 6 heteroatoms. The van der Waals surface area contributed by atoms with E-state index >= 15 is 0 Å². The summed E-state index contributed by atoms with van der Waals surface area (Å²) in [5.74, 6) is 1.05. The van der Waals surface area contributed by atoms with Crippen molar-refractivity contribution in [2.75, 3.05) is 13.2 Å². The van der Waals surface area contributed by atoms with Crippen LogP contribution in [-0.4, -0.2) is 25.2 Å². The zero-order chi connectivity index (χ0) is 27.9. The fourth-order valence-corrected chi connectivity index (χ4v) is 4.72. The third-order valence-corrected chi connectivity index (χ3v) is 6.58. The lowest BCUT2D eigenvalue weighted by Gasteiger charge is -2.20. The largest absolute Gasteiger partial charge is 0.481 e. The summed E-state index contributed by atoms with van der Waals surface area (Å²) >= 11 is 0. The van der Waals surface area contributed by atoms with Crippen LogP contribution in [0.25, 0.3) is 21.5 Å². The number of benzene rings is 5. The van der Waals surface area contributed by atoms with Gasteiger partial charge < -0.3 is 18.9 Å². The van der Waals surface area contributed by atoms with Crippen LogP contribution in [0.3, 0.4) is 0 Å². The highest BCUT2D eigenvalue weighted by Gasteiger charge is 2.21. The Morgan fingerprint density at radius 3 is 1.60 bits per heavy atom. The highest BCUT2D eigenvalue weighted by molar-refractivity contribution is 6.12. The second-order valence-electron chi connectivity index (χ2n) is 9.24. The maximum absolute atomic E-state index is 12.7. The van der Waals surface area contributed by atoms with E-state index in [4.69, 9.17) is 18.9 Å². The van der Waals surface area contributed by atoms with Crippen molar-refractivity contribution in [1.29, 1.82) is 0 Å². The molecule has 5 rings (SSSR count). The zero-order valence-corrected chi connectivity index (χ0v) is 22.5. The molecule has 0 aliphatic rings. The van der Waals surface area contributed by atoms with Crippen LogP contribution in [0.5, 0.6) is 23.0 Å². The van der Waals surface area contributed by atoms with Crippen LogP contribution in [0.4, 0.5) is 0 Å². The number of hydrogen-bond donors (Lipinski definition) is 0. The minimum absolute atomic E-state index is 0.268. The highest BCUT2D eigenvalue weighted by atomic mass is 16.6. The van der Waals surface area contributed by atoms with Gasteiger partial charge >= 0.3 is 11.9 Å². The zero-order valence-electron chi connectivity index (χ0n) is 22.5. The van der Waals surface area contributed by atoms with Gasteiger partial charge in [0.25, 0.3) is 0 Å². The van der Waals surface area contributed by atoms with Crippen molar-refractivity contribution in [3.8, 4) is 23.0 Å². The molecule has 0 bridgehead atoms. The van der Waals surface area contributed by atoms with Crippen LogP contribution in [0, 0.1) is 0 Å². The fraction of sp³-hybridized carbons (Fsp3) is 0.176. The number of hydrogen-bond acceptors (Lipinski definition) is 6. The molecular formula is C34H30O6. The number of para-hydroxylation sites is 2. The van der Waals surface area contributed by atoms with E-state index in [0.717, 1.165) is 45.5 Å². The average molecular weight is 535 g/mol. The molecule has 5 aromatic carbocycles. The van der Waals surface area contributed by atoms with E-state index < -0.39 is 11.9 Å². The Labute approximate surface area is 233 Å². The first kappa shape index (κ1) is 26.8. The molecule has 0 unspecified atom stereocenters. The molecule has 0 N–H and O–H groups in total. The normalized spacial score (nSPS) is 10.8. The smallest absolute Gasteiger partial charge is 0.349 e. The molecule has 6 nitrogen and oxygen atoms in total. The number of esters is 2. The van der Waals surface area contributed by atoms with E-state index in [1.807, 2.05) is 36.4 Å². The van der Waals surface area contributed by atoms with Gasteiger partial charge in [-0.15, -0.1) is 0 Å². The summed E-state index contributed by atoms with van der Waals surface area (Å²) in [5.41, 5.74) is 2.19. The van der Waals surface area contributed by atoms with Gasteiger partial charge in [0.15, 0.2) is 13.2 Å². The van der Waals surface area contributed by atoms with Crippen LogP contribution in [0.2, 0.25) is 0 Å². The molecule has 0 atom stereocenters. The molecule has 0 amide bonds. The van der Waals surface area contributed by atoms with Crippen molar-refractivity contribution in [3.63, 3.8) is 0 Å². The summed E-state index contributed by atoms with van der Waals surface area (Å²) in [5, 5.41) is 3.20. The van der Waals surface area contributed by atoms with Gasteiger partial charge in [-0.25, -0.2) is 9.59 Å². The number of rotatable bonds is 10. The summed E-state index contributed by atoms with van der Waals surface area (Å²) in [4.78, 5) is 25.4. The topological polar surface area (TPSA) is 71.1 Å². The van der Waals surface area contributed by atoms with Crippen LogP contribution in [-0.2, 0) is 22.4 Å². The van der Waals surface area contributed by atoms with E-state index in [2.05, 4.69) is 26.0 Å². The van der Waals surface area contributed by atoms with Crippen LogP contribution in [0.1, 0.15) is 25.0 Å². The Morgan fingerprint density at radius 2 is 1.07 bits per heavy atom. The summed E-state index contributed by atoms with van der Waals surface area (Å²) in [7, 11) is 0. The molecule has 0 aliphatic carbocycles. The molecule has 0 aromatic heterocycles. The lowest BCUT2D eigenvalue weighted by atomic mass is 9.93. The Balaban J connectivity index is 1.54. The first-order valence-corrected chi connectivity index (χ1v) is 13.3. The molecule has 0 radical (unpaired) electrons. The molecule has 0 aliphatic heterocycles. The van der Waals surface area contributed by atoms with Gasteiger partial charge in [0.2, 0.25) is 0 Å². The summed E-state index contributed by atoms with van der Waals surface area (Å²) < 4.78 is 23.3. The fourth-order valence-electron chi connectivity index (χ4n) is 4.72. The molecule has 202 valence electrons. The molecule has 0 fully saturated rings. The summed E-state index contributed by atoms with van der Waals surface area (Å²) in [6.07, 6.45) is 1.56. The number of carbonyl (C=O) groups is 2. The third kappa shape index (κ3) is 5.91.